The summed E-state index contributed by atoms with van der Waals surface area (Å²) in [4.78, 5) is 62.4. The average Bonchev–Trinajstić information content (AvgIpc) is 3.92. The van der Waals surface area contributed by atoms with Crippen LogP contribution in [0.3, 0.4) is 0 Å². The van der Waals surface area contributed by atoms with Gasteiger partial charge in [0.1, 0.15) is 28.5 Å². The first-order valence-electron chi connectivity index (χ1n) is 17.4. The number of aliphatic hydroxyl groups excluding tert-OH is 1. The van der Waals surface area contributed by atoms with Crippen LogP contribution in [0.15, 0.2) is 71.2 Å². The largest absolute Gasteiger partial charge is 0.507 e. The van der Waals surface area contributed by atoms with Gasteiger partial charge in [0.2, 0.25) is 21.8 Å². The number of carbonyl (C=O) groups excluding carboxylic acids is 5. The lowest BCUT2D eigenvalue weighted by Gasteiger charge is -2.25. The molecule has 0 aliphatic heterocycles. The molecule has 1 heterocycles. The molecule has 1 aromatic heterocycles. The van der Waals surface area contributed by atoms with Gasteiger partial charge in [-0.3, -0.25) is 19.2 Å². The monoisotopic (exact) mass is 776 g/mol. The summed E-state index contributed by atoms with van der Waals surface area (Å²) in [6.07, 6.45) is 2.39. The van der Waals surface area contributed by atoms with E-state index >= 15 is 0 Å². The number of benzene rings is 3. The Balaban J connectivity index is 1.22. The molecular formula is C39H41FN4O10S. The molecule has 4 aromatic rings. The van der Waals surface area contributed by atoms with Crippen LogP contribution in [0.25, 0.3) is 28.1 Å². The van der Waals surface area contributed by atoms with Crippen LogP contribution in [0.1, 0.15) is 72.1 Å². The Morgan fingerprint density at radius 1 is 1.04 bits per heavy atom. The predicted molar refractivity (Wildman–Crippen MR) is 200 cm³/mol. The summed E-state index contributed by atoms with van der Waals surface area (Å²) in [6, 6.07) is 15.0. The van der Waals surface area contributed by atoms with Crippen molar-refractivity contribution < 1.29 is 51.0 Å². The minimum Gasteiger partial charge on any atom is -0.507 e. The van der Waals surface area contributed by atoms with Crippen LogP contribution in [-0.2, 0) is 46.2 Å². The fourth-order valence-corrected chi connectivity index (χ4v) is 6.96. The van der Waals surface area contributed by atoms with Crippen LogP contribution < -0.4 is 20.7 Å². The van der Waals surface area contributed by atoms with E-state index in [9.17, 15) is 41.9 Å². The number of rotatable bonds is 16. The lowest BCUT2D eigenvalue weighted by Crippen LogP contribution is -2.56. The second-order valence-electron chi connectivity index (χ2n) is 13.5. The Labute approximate surface area is 316 Å². The molecule has 0 radical (unpaired) electrons. The third-order valence-electron chi connectivity index (χ3n) is 8.77. The molecule has 0 bridgehead atoms. The van der Waals surface area contributed by atoms with Crippen LogP contribution >= 0.6 is 0 Å². The molecule has 0 atom stereocenters. The van der Waals surface area contributed by atoms with E-state index in [-0.39, 0.29) is 41.5 Å². The molecule has 0 saturated heterocycles. The van der Waals surface area contributed by atoms with Crippen molar-refractivity contribution in [3.05, 3.63) is 100 Å². The summed E-state index contributed by atoms with van der Waals surface area (Å²) in [6.45, 7) is 3.73. The van der Waals surface area contributed by atoms with Crippen molar-refractivity contribution in [1.82, 2.24) is 20.7 Å². The number of amides is 3. The molecule has 14 nitrogen and oxygen atoms in total. The highest BCUT2D eigenvalue weighted by Crippen LogP contribution is 2.45. The van der Waals surface area contributed by atoms with Gasteiger partial charge in [0.05, 0.1) is 24.5 Å². The molecule has 1 aliphatic rings. The smallest absolute Gasteiger partial charge is 0.379 e. The third-order valence-corrected chi connectivity index (χ3v) is 10.0. The number of hydrogen-bond donors (Lipinski definition) is 5. The summed E-state index contributed by atoms with van der Waals surface area (Å²) >= 11 is 0. The summed E-state index contributed by atoms with van der Waals surface area (Å²) in [5.41, 5.74) is 1.41. The number of ether oxygens (including phenoxy) is 1. The highest BCUT2D eigenvalue weighted by molar-refractivity contribution is 7.88. The lowest BCUT2D eigenvalue weighted by atomic mass is 9.98. The Morgan fingerprint density at radius 2 is 1.75 bits per heavy atom. The molecule has 290 valence electrons. The molecule has 3 amide bonds. The summed E-state index contributed by atoms with van der Waals surface area (Å²) in [5.74, 6) is -5.07. The Bertz CT molecular complexity index is 2290. The number of sulfonamides is 1. The molecule has 5 N–H and O–H groups in total. The summed E-state index contributed by atoms with van der Waals surface area (Å²) in [5, 5.41) is 18.6. The van der Waals surface area contributed by atoms with Gasteiger partial charge in [0.15, 0.2) is 0 Å². The number of furan rings is 1. The fourth-order valence-electron chi connectivity index (χ4n) is 5.85. The summed E-state index contributed by atoms with van der Waals surface area (Å²) in [7, 11) is -2.63. The maximum absolute atomic E-state index is 13.7. The fraction of sp³-hybridized carbons (Fsp3) is 0.308. The van der Waals surface area contributed by atoms with E-state index in [4.69, 9.17) is 4.42 Å². The zero-order chi connectivity index (χ0) is 40.1. The highest BCUT2D eigenvalue weighted by atomic mass is 32.2. The quantitative estimate of drug-likeness (QED) is 0.0475. The van der Waals surface area contributed by atoms with Gasteiger partial charge in [-0.05, 0) is 98.7 Å². The SMILES string of the molecule is CCOC(=O)C(=O)/C=C(\O)c1cccc(CNC(=O)C(C)(C)NC(=O)CNS(=O)(=O)Cc2cc3oc(-c4ccc(F)cc4)c(C(=O)NC)c3cc2C2CC2)c1. The molecule has 1 saturated carbocycles. The van der Waals surface area contributed by atoms with Gasteiger partial charge in [-0.15, -0.1) is 0 Å². The van der Waals surface area contributed by atoms with Gasteiger partial charge in [0.25, 0.3) is 11.7 Å². The Kier molecular flexibility index (Phi) is 12.2. The van der Waals surface area contributed by atoms with Gasteiger partial charge in [-0.25, -0.2) is 22.3 Å². The maximum atomic E-state index is 13.7. The van der Waals surface area contributed by atoms with Crippen LogP contribution in [0.2, 0.25) is 0 Å². The van der Waals surface area contributed by atoms with Gasteiger partial charge in [-0.2, -0.15) is 0 Å². The number of carbonyl (C=O) groups is 5. The number of nitrogens with one attached hydrogen (secondary N) is 4. The normalized spacial score (nSPS) is 13.3. The molecule has 3 aromatic carbocycles. The van der Waals surface area contributed by atoms with Crippen molar-refractivity contribution in [2.75, 3.05) is 20.2 Å². The van der Waals surface area contributed by atoms with Crippen molar-refractivity contribution in [1.29, 1.82) is 0 Å². The van der Waals surface area contributed by atoms with E-state index in [2.05, 4.69) is 25.4 Å². The van der Waals surface area contributed by atoms with Crippen molar-refractivity contribution in [3.8, 4) is 11.3 Å². The zero-order valence-corrected chi connectivity index (χ0v) is 31.4. The molecule has 1 aliphatic carbocycles. The van der Waals surface area contributed by atoms with E-state index < -0.39 is 68.9 Å². The number of esters is 1. The van der Waals surface area contributed by atoms with Gasteiger partial charge in [0, 0.05) is 36.2 Å². The van der Waals surface area contributed by atoms with Crippen LogP contribution in [0.4, 0.5) is 4.39 Å². The first-order chi connectivity index (χ1) is 26.0. The molecule has 5 rings (SSSR count). The minimum absolute atomic E-state index is 0.000718. The van der Waals surface area contributed by atoms with Crippen LogP contribution in [-0.4, -0.2) is 68.7 Å². The minimum atomic E-state index is -4.10. The first kappa shape index (κ1) is 40.3. The first-order valence-corrected chi connectivity index (χ1v) is 19.0. The summed E-state index contributed by atoms with van der Waals surface area (Å²) < 4.78 is 53.3. The maximum Gasteiger partial charge on any atom is 0.379 e. The van der Waals surface area contributed by atoms with E-state index in [0.29, 0.717) is 22.1 Å². The zero-order valence-electron chi connectivity index (χ0n) is 30.6. The lowest BCUT2D eigenvalue weighted by molar-refractivity contribution is -0.151. The molecular weight excluding hydrogens is 736 g/mol. The number of ketones is 1. The van der Waals surface area contributed by atoms with Crippen molar-refractivity contribution in [2.45, 2.75) is 57.4 Å². The van der Waals surface area contributed by atoms with Crippen molar-refractivity contribution in [2.24, 2.45) is 0 Å². The van der Waals surface area contributed by atoms with E-state index in [1.54, 1.807) is 24.3 Å². The number of aliphatic hydroxyl groups is 1. The molecule has 55 heavy (non-hydrogen) atoms. The molecule has 16 heteroatoms. The van der Waals surface area contributed by atoms with Gasteiger partial charge < -0.3 is 30.2 Å². The van der Waals surface area contributed by atoms with Crippen molar-refractivity contribution >= 4 is 56.2 Å². The van der Waals surface area contributed by atoms with E-state index in [0.717, 1.165) is 24.5 Å². The standard InChI is InChI=1S/C39H41FN4O10S/c1-5-53-37(49)31(46)18-30(45)25-8-6-7-22(15-25)19-42-38(50)39(2,3)44-33(47)20-43-55(51,52)21-26-16-32-29(17-28(26)23-9-10-23)34(36(48)41-4)35(54-32)24-11-13-27(40)14-12-24/h6-8,11-18,23,43,45H,5,9-10,19-21H2,1-4H3,(H,41,48)(H,42,50)(H,44,47)/b30-18-. The highest BCUT2D eigenvalue weighted by Gasteiger charge is 2.32. The average molecular weight is 777 g/mol. The topological polar surface area (TPSA) is 210 Å². The van der Waals surface area contributed by atoms with E-state index in [1.165, 1.54) is 64.2 Å². The molecule has 0 spiro atoms. The van der Waals surface area contributed by atoms with Gasteiger partial charge in [-0.1, -0.05) is 18.2 Å². The van der Waals surface area contributed by atoms with Crippen LogP contribution in [0, 0.1) is 5.82 Å². The predicted octanol–water partition coefficient (Wildman–Crippen LogP) is 4.14. The Morgan fingerprint density at radius 3 is 2.40 bits per heavy atom. The number of fused-ring (bicyclic) bond motifs is 1. The Hall–Kier alpha value is -5.87. The van der Waals surface area contributed by atoms with Crippen molar-refractivity contribution in [3.63, 3.8) is 0 Å². The van der Waals surface area contributed by atoms with Crippen LogP contribution in [0.5, 0.6) is 0 Å². The van der Waals surface area contributed by atoms with E-state index in [1.807, 2.05) is 0 Å². The number of hydrogen-bond acceptors (Lipinski definition) is 10. The third kappa shape index (κ3) is 10.0. The molecule has 1 fully saturated rings. The second kappa shape index (κ2) is 16.7. The van der Waals surface area contributed by atoms with Gasteiger partial charge >= 0.3 is 5.97 Å². The molecule has 0 unspecified atom stereocenters. The number of halogens is 1. The second-order valence-corrected chi connectivity index (χ2v) is 15.3.